The Hall–Kier alpha value is -0.840. The van der Waals surface area contributed by atoms with Crippen LogP contribution in [0.3, 0.4) is 0 Å². The molecule has 2 aromatic rings. The van der Waals surface area contributed by atoms with Crippen molar-refractivity contribution in [3.8, 4) is 5.75 Å². The lowest BCUT2D eigenvalue weighted by Crippen LogP contribution is -2.20. The van der Waals surface area contributed by atoms with E-state index < -0.39 is 5.91 Å². The van der Waals surface area contributed by atoms with Gasteiger partial charge in [-0.25, -0.2) is 0 Å². The molecule has 0 bridgehead atoms. The van der Waals surface area contributed by atoms with Crippen LogP contribution in [-0.2, 0) is 4.79 Å². The topological polar surface area (TPSA) is 38.3 Å². The fourth-order valence-corrected chi connectivity index (χ4v) is 3.11. The minimum absolute atomic E-state index is 0.213. The van der Waals surface area contributed by atoms with E-state index in [2.05, 4.69) is 5.32 Å². The van der Waals surface area contributed by atoms with Crippen LogP contribution >= 0.6 is 58.0 Å². The van der Waals surface area contributed by atoms with E-state index >= 15 is 0 Å². The summed E-state index contributed by atoms with van der Waals surface area (Å²) in [7, 11) is 0. The molecular formula is C16H12Cl5NO2. The van der Waals surface area contributed by atoms with Crippen molar-refractivity contribution >= 4 is 69.6 Å². The van der Waals surface area contributed by atoms with Crippen LogP contribution in [0.2, 0.25) is 25.1 Å². The molecule has 0 aromatic heterocycles. The average Bonchev–Trinajstić information content (AvgIpc) is 2.54. The number of benzene rings is 2. The van der Waals surface area contributed by atoms with Gasteiger partial charge in [-0.3, -0.25) is 4.79 Å². The number of amides is 1. The van der Waals surface area contributed by atoms with Crippen LogP contribution in [0.1, 0.15) is 11.1 Å². The molecule has 0 radical (unpaired) electrons. The summed E-state index contributed by atoms with van der Waals surface area (Å²) in [6.45, 7) is 3.18. The van der Waals surface area contributed by atoms with Gasteiger partial charge < -0.3 is 10.1 Å². The first-order valence-electron chi connectivity index (χ1n) is 6.73. The van der Waals surface area contributed by atoms with Gasteiger partial charge in [-0.1, -0.05) is 58.0 Å². The van der Waals surface area contributed by atoms with Gasteiger partial charge in [-0.15, -0.1) is 0 Å². The minimum atomic E-state index is -0.434. The minimum Gasteiger partial charge on any atom is -0.481 e. The van der Waals surface area contributed by atoms with Gasteiger partial charge in [0.1, 0.15) is 0 Å². The Morgan fingerprint density at radius 1 is 1.00 bits per heavy atom. The maximum atomic E-state index is 12.1. The Balaban J connectivity index is 2.14. The molecule has 0 atom stereocenters. The number of halogens is 5. The van der Waals surface area contributed by atoms with Crippen molar-refractivity contribution in [1.82, 2.24) is 0 Å². The van der Waals surface area contributed by atoms with Crippen molar-refractivity contribution in [2.24, 2.45) is 0 Å². The monoisotopic (exact) mass is 425 g/mol. The molecule has 0 saturated carbocycles. The molecular weight excluding hydrogens is 415 g/mol. The van der Waals surface area contributed by atoms with E-state index in [0.717, 1.165) is 0 Å². The highest BCUT2D eigenvalue weighted by Gasteiger charge is 2.19. The normalized spacial score (nSPS) is 10.6. The number of nitrogens with one attached hydrogen (secondary N) is 1. The summed E-state index contributed by atoms with van der Waals surface area (Å²) in [5.41, 5.74) is 1.65. The average molecular weight is 428 g/mol. The lowest BCUT2D eigenvalue weighted by atomic mass is 10.1. The summed E-state index contributed by atoms with van der Waals surface area (Å²) in [6.07, 6.45) is 0. The number of rotatable bonds is 4. The van der Waals surface area contributed by atoms with Gasteiger partial charge in [-0.2, -0.15) is 0 Å². The van der Waals surface area contributed by atoms with E-state index in [9.17, 15) is 4.79 Å². The zero-order valence-corrected chi connectivity index (χ0v) is 16.4. The number of hydrogen-bond acceptors (Lipinski definition) is 2. The van der Waals surface area contributed by atoms with Crippen molar-refractivity contribution in [1.29, 1.82) is 0 Å². The van der Waals surface area contributed by atoms with Crippen LogP contribution < -0.4 is 10.1 Å². The van der Waals surface area contributed by atoms with Crippen LogP contribution in [0, 0.1) is 13.8 Å². The second kappa shape index (κ2) is 8.03. The molecule has 0 aliphatic carbocycles. The van der Waals surface area contributed by atoms with E-state index in [1.165, 1.54) is 0 Å². The summed E-state index contributed by atoms with van der Waals surface area (Å²) in [4.78, 5) is 12.1. The predicted octanol–water partition coefficient (Wildman–Crippen LogP) is 6.59. The van der Waals surface area contributed by atoms with E-state index in [0.29, 0.717) is 31.9 Å². The molecule has 0 fully saturated rings. The van der Waals surface area contributed by atoms with E-state index in [4.69, 9.17) is 62.7 Å². The standard InChI is InChI=1S/C16H12Cl5NO2/c1-7-13(19)8(2)15(21)16(14(7)20)24-6-12(23)22-11-5-9(17)3-4-10(11)18/h3-5H,6H2,1-2H3,(H,22,23). The molecule has 8 heteroatoms. The highest BCUT2D eigenvalue weighted by molar-refractivity contribution is 6.42. The third-order valence-corrected chi connectivity index (χ3v) is 5.31. The van der Waals surface area contributed by atoms with E-state index in [1.54, 1.807) is 32.0 Å². The maximum Gasteiger partial charge on any atom is 0.262 e. The molecule has 0 saturated heterocycles. The summed E-state index contributed by atoms with van der Waals surface area (Å²) < 4.78 is 5.48. The highest BCUT2D eigenvalue weighted by Crippen LogP contribution is 2.42. The van der Waals surface area contributed by atoms with Crippen LogP contribution in [0.25, 0.3) is 0 Å². The first-order chi connectivity index (χ1) is 11.2. The summed E-state index contributed by atoms with van der Waals surface area (Å²) in [6, 6.07) is 4.74. The maximum absolute atomic E-state index is 12.1. The molecule has 0 spiro atoms. The van der Waals surface area contributed by atoms with Gasteiger partial charge in [0.15, 0.2) is 12.4 Å². The predicted molar refractivity (Wildman–Crippen MR) is 102 cm³/mol. The van der Waals surface area contributed by atoms with Gasteiger partial charge in [0.25, 0.3) is 5.91 Å². The number of carbonyl (C=O) groups is 1. The molecule has 0 unspecified atom stereocenters. The molecule has 2 aromatic carbocycles. The molecule has 0 heterocycles. The number of carbonyl (C=O) groups excluding carboxylic acids is 1. The summed E-state index contributed by atoms with van der Waals surface area (Å²) >= 11 is 30.4. The van der Waals surface area contributed by atoms with Gasteiger partial charge >= 0.3 is 0 Å². The Kier molecular flexibility index (Phi) is 6.52. The van der Waals surface area contributed by atoms with Crippen LogP contribution in [-0.4, -0.2) is 12.5 Å². The summed E-state index contributed by atoms with van der Waals surface area (Å²) in [5, 5.41) is 4.42. The second-order valence-corrected chi connectivity index (χ2v) is 6.96. The lowest BCUT2D eigenvalue weighted by Gasteiger charge is -2.15. The SMILES string of the molecule is Cc1c(Cl)c(C)c(Cl)c(OCC(=O)Nc2cc(Cl)ccc2Cl)c1Cl. The number of hydrogen-bond donors (Lipinski definition) is 1. The Bertz CT molecular complexity index is 779. The van der Waals surface area contributed by atoms with Crippen molar-refractivity contribution in [2.45, 2.75) is 13.8 Å². The molecule has 3 nitrogen and oxygen atoms in total. The van der Waals surface area contributed by atoms with E-state index in [1.807, 2.05) is 0 Å². The van der Waals surface area contributed by atoms with Crippen LogP contribution in [0.15, 0.2) is 18.2 Å². The van der Waals surface area contributed by atoms with Crippen molar-refractivity contribution in [2.75, 3.05) is 11.9 Å². The first-order valence-corrected chi connectivity index (χ1v) is 8.62. The quantitative estimate of drug-likeness (QED) is 0.598. The number of anilines is 1. The third kappa shape index (κ3) is 4.22. The Labute approximate surface area is 164 Å². The smallest absolute Gasteiger partial charge is 0.262 e. The van der Waals surface area contributed by atoms with Gasteiger partial charge in [-0.05, 0) is 43.2 Å². The first kappa shape index (κ1) is 19.5. The summed E-state index contributed by atoms with van der Waals surface area (Å²) in [5.74, 6) is -0.221. The third-order valence-electron chi connectivity index (χ3n) is 3.27. The number of ether oxygens (including phenoxy) is 1. The highest BCUT2D eigenvalue weighted by atomic mass is 35.5. The molecule has 24 heavy (non-hydrogen) atoms. The van der Waals surface area contributed by atoms with Gasteiger partial charge in [0.2, 0.25) is 0 Å². The molecule has 1 amide bonds. The van der Waals surface area contributed by atoms with Crippen LogP contribution in [0.5, 0.6) is 5.75 Å². The fraction of sp³-hybridized carbons (Fsp3) is 0.188. The lowest BCUT2D eigenvalue weighted by molar-refractivity contribution is -0.118. The molecule has 1 N–H and O–H groups in total. The molecule has 128 valence electrons. The molecule has 0 aliphatic rings. The fourth-order valence-electron chi connectivity index (χ4n) is 1.95. The zero-order chi connectivity index (χ0) is 18.0. The van der Waals surface area contributed by atoms with Crippen molar-refractivity contribution in [3.05, 3.63) is 54.4 Å². The van der Waals surface area contributed by atoms with E-state index in [-0.39, 0.29) is 22.4 Å². The van der Waals surface area contributed by atoms with Crippen LogP contribution in [0.4, 0.5) is 5.69 Å². The molecule has 2 rings (SSSR count). The largest absolute Gasteiger partial charge is 0.481 e. The second-order valence-electron chi connectivity index (χ2n) is 4.98. The van der Waals surface area contributed by atoms with Crippen molar-refractivity contribution in [3.63, 3.8) is 0 Å². The Morgan fingerprint density at radius 3 is 2.17 bits per heavy atom. The Morgan fingerprint density at radius 2 is 1.58 bits per heavy atom. The van der Waals surface area contributed by atoms with Crippen molar-refractivity contribution < 1.29 is 9.53 Å². The molecule has 0 aliphatic heterocycles. The van der Waals surface area contributed by atoms with Gasteiger partial charge in [0.05, 0.1) is 20.8 Å². The van der Waals surface area contributed by atoms with Gasteiger partial charge in [0, 0.05) is 10.0 Å². The zero-order valence-electron chi connectivity index (χ0n) is 12.6.